The van der Waals surface area contributed by atoms with Crippen molar-refractivity contribution in [2.45, 2.75) is 26.7 Å². The molecule has 0 unspecified atom stereocenters. The van der Waals surface area contributed by atoms with Crippen molar-refractivity contribution in [1.82, 2.24) is 14.9 Å². The predicted molar refractivity (Wildman–Crippen MR) is 122 cm³/mol. The normalized spacial score (nSPS) is 14.8. The van der Waals surface area contributed by atoms with Crippen molar-refractivity contribution in [1.29, 1.82) is 0 Å². The first-order chi connectivity index (χ1) is 14.6. The number of aromatic nitrogens is 2. The van der Waals surface area contributed by atoms with E-state index in [1.165, 1.54) is 0 Å². The Morgan fingerprint density at radius 1 is 1.17 bits per heavy atom. The number of carbonyl (C=O) groups is 1. The first-order valence-corrected chi connectivity index (χ1v) is 11.4. The predicted octanol–water partition coefficient (Wildman–Crippen LogP) is 4.45. The first-order valence-electron chi connectivity index (χ1n) is 10.6. The van der Waals surface area contributed by atoms with Crippen LogP contribution in [0.5, 0.6) is 5.75 Å². The zero-order valence-electron chi connectivity index (χ0n) is 17.8. The molecule has 0 atom stereocenters. The van der Waals surface area contributed by atoms with E-state index in [1.54, 1.807) is 18.4 Å². The molecule has 0 N–H and O–H groups in total. The van der Waals surface area contributed by atoms with Gasteiger partial charge in [-0.25, -0.2) is 9.97 Å². The Morgan fingerprint density at radius 2 is 1.93 bits per heavy atom. The number of thiazole rings is 1. The highest BCUT2D eigenvalue weighted by Crippen LogP contribution is 2.33. The molecule has 1 aromatic carbocycles. The van der Waals surface area contributed by atoms with E-state index in [4.69, 9.17) is 14.7 Å². The SMILES string of the molecule is CCN(CC)C(=O)C1CCN(c2nc3ccc(-c4cccc(OC)c4)nc3s2)CC1. The molecule has 0 aliphatic carbocycles. The molecule has 0 spiro atoms. The van der Waals surface area contributed by atoms with Gasteiger partial charge in [0, 0.05) is 37.7 Å². The van der Waals surface area contributed by atoms with Crippen molar-refractivity contribution in [3.05, 3.63) is 36.4 Å². The second-order valence-corrected chi connectivity index (χ2v) is 8.48. The fraction of sp³-hybridized carbons (Fsp3) is 0.435. The van der Waals surface area contributed by atoms with Crippen LogP contribution in [-0.2, 0) is 4.79 Å². The summed E-state index contributed by atoms with van der Waals surface area (Å²) in [6, 6.07) is 12.0. The van der Waals surface area contributed by atoms with Gasteiger partial charge in [0.2, 0.25) is 5.91 Å². The van der Waals surface area contributed by atoms with Crippen LogP contribution in [0.3, 0.4) is 0 Å². The van der Waals surface area contributed by atoms with Gasteiger partial charge in [-0.2, -0.15) is 0 Å². The Hall–Kier alpha value is -2.67. The van der Waals surface area contributed by atoms with E-state index >= 15 is 0 Å². The molecular formula is C23H28N4O2S. The third-order valence-corrected chi connectivity index (χ3v) is 6.83. The number of ether oxygens (including phenoxy) is 1. The third kappa shape index (κ3) is 4.12. The summed E-state index contributed by atoms with van der Waals surface area (Å²) >= 11 is 1.62. The van der Waals surface area contributed by atoms with E-state index in [1.807, 2.05) is 55.1 Å². The third-order valence-electron chi connectivity index (χ3n) is 5.80. The Morgan fingerprint density at radius 3 is 2.63 bits per heavy atom. The standard InChI is InChI=1S/C23H28N4O2S/c1-4-26(5-2)22(28)16-11-13-27(14-12-16)23-25-20-10-9-19(24-21(20)30-23)17-7-6-8-18(15-17)29-3/h6-10,15-16H,4-5,11-14H2,1-3H3. The van der Waals surface area contributed by atoms with E-state index < -0.39 is 0 Å². The summed E-state index contributed by atoms with van der Waals surface area (Å²) in [5.74, 6) is 1.25. The van der Waals surface area contributed by atoms with Crippen LogP contribution in [0.15, 0.2) is 36.4 Å². The largest absolute Gasteiger partial charge is 0.497 e. The van der Waals surface area contributed by atoms with Gasteiger partial charge in [0.05, 0.1) is 12.8 Å². The van der Waals surface area contributed by atoms with E-state index in [9.17, 15) is 4.79 Å². The molecular weight excluding hydrogens is 396 g/mol. The molecule has 1 aliphatic rings. The Kier molecular flexibility index (Phi) is 6.18. The lowest BCUT2D eigenvalue weighted by molar-refractivity contribution is -0.135. The molecule has 3 heterocycles. The zero-order valence-corrected chi connectivity index (χ0v) is 18.6. The van der Waals surface area contributed by atoms with Gasteiger partial charge in [0.15, 0.2) is 5.13 Å². The highest BCUT2D eigenvalue weighted by molar-refractivity contribution is 7.21. The number of rotatable bonds is 6. The molecule has 0 saturated carbocycles. The van der Waals surface area contributed by atoms with E-state index in [2.05, 4.69) is 4.90 Å². The number of carbonyl (C=O) groups excluding carboxylic acids is 1. The van der Waals surface area contributed by atoms with Gasteiger partial charge in [-0.15, -0.1) is 0 Å². The van der Waals surface area contributed by atoms with Crippen molar-refractivity contribution in [3.8, 4) is 17.0 Å². The topological polar surface area (TPSA) is 58.6 Å². The number of piperidine rings is 1. The van der Waals surface area contributed by atoms with E-state index in [0.29, 0.717) is 5.91 Å². The van der Waals surface area contributed by atoms with Crippen LogP contribution < -0.4 is 9.64 Å². The fourth-order valence-electron chi connectivity index (χ4n) is 4.00. The van der Waals surface area contributed by atoms with Crippen LogP contribution in [0, 0.1) is 5.92 Å². The van der Waals surface area contributed by atoms with Crippen LogP contribution in [-0.4, -0.2) is 54.1 Å². The number of pyridine rings is 1. The molecule has 158 valence electrons. The maximum absolute atomic E-state index is 12.6. The van der Waals surface area contributed by atoms with Gasteiger partial charge in [-0.1, -0.05) is 23.5 Å². The molecule has 1 fully saturated rings. The number of hydrogen-bond donors (Lipinski definition) is 0. The molecule has 1 aliphatic heterocycles. The maximum atomic E-state index is 12.6. The molecule has 1 saturated heterocycles. The monoisotopic (exact) mass is 424 g/mol. The molecule has 2 aromatic heterocycles. The van der Waals surface area contributed by atoms with Crippen LogP contribution in [0.2, 0.25) is 0 Å². The summed E-state index contributed by atoms with van der Waals surface area (Å²) in [6.45, 7) is 7.39. The second kappa shape index (κ2) is 9.00. The number of nitrogens with zero attached hydrogens (tertiary/aromatic N) is 4. The lowest BCUT2D eigenvalue weighted by Gasteiger charge is -2.33. The molecule has 0 bridgehead atoms. The van der Waals surface area contributed by atoms with Crippen molar-refractivity contribution in [3.63, 3.8) is 0 Å². The quantitative estimate of drug-likeness (QED) is 0.585. The summed E-state index contributed by atoms with van der Waals surface area (Å²) in [6.07, 6.45) is 1.77. The van der Waals surface area contributed by atoms with Gasteiger partial charge in [0.1, 0.15) is 16.1 Å². The fourth-order valence-corrected chi connectivity index (χ4v) is 4.99. The van der Waals surface area contributed by atoms with Crippen LogP contribution >= 0.6 is 11.3 Å². The Bertz CT molecular complexity index is 1020. The summed E-state index contributed by atoms with van der Waals surface area (Å²) in [4.78, 5) is 27.5. The number of hydrogen-bond acceptors (Lipinski definition) is 6. The van der Waals surface area contributed by atoms with Crippen molar-refractivity contribution < 1.29 is 9.53 Å². The van der Waals surface area contributed by atoms with Gasteiger partial charge >= 0.3 is 0 Å². The van der Waals surface area contributed by atoms with E-state index in [-0.39, 0.29) is 5.92 Å². The summed E-state index contributed by atoms with van der Waals surface area (Å²) in [5, 5.41) is 0.994. The number of methoxy groups -OCH3 is 1. The highest BCUT2D eigenvalue weighted by Gasteiger charge is 2.28. The lowest BCUT2D eigenvalue weighted by Crippen LogP contribution is -2.42. The van der Waals surface area contributed by atoms with Gasteiger partial charge in [0.25, 0.3) is 0 Å². The molecule has 6 nitrogen and oxygen atoms in total. The van der Waals surface area contributed by atoms with Crippen LogP contribution in [0.25, 0.3) is 21.6 Å². The number of benzene rings is 1. The molecule has 3 aromatic rings. The smallest absolute Gasteiger partial charge is 0.225 e. The minimum Gasteiger partial charge on any atom is -0.497 e. The number of anilines is 1. The van der Waals surface area contributed by atoms with Gasteiger partial charge in [-0.05, 0) is 51.0 Å². The number of amides is 1. The van der Waals surface area contributed by atoms with Crippen molar-refractivity contribution in [2.24, 2.45) is 5.92 Å². The van der Waals surface area contributed by atoms with Gasteiger partial charge < -0.3 is 14.5 Å². The van der Waals surface area contributed by atoms with Crippen molar-refractivity contribution >= 4 is 32.7 Å². The molecule has 1 amide bonds. The summed E-state index contributed by atoms with van der Waals surface area (Å²) in [7, 11) is 1.67. The minimum atomic E-state index is 0.133. The molecule has 7 heteroatoms. The van der Waals surface area contributed by atoms with E-state index in [0.717, 1.165) is 71.5 Å². The molecule has 4 rings (SSSR count). The lowest BCUT2D eigenvalue weighted by atomic mass is 9.95. The highest BCUT2D eigenvalue weighted by atomic mass is 32.1. The minimum absolute atomic E-state index is 0.133. The Balaban J connectivity index is 1.49. The molecule has 0 radical (unpaired) electrons. The Labute approximate surface area is 181 Å². The van der Waals surface area contributed by atoms with Gasteiger partial charge in [-0.3, -0.25) is 4.79 Å². The second-order valence-electron chi connectivity index (χ2n) is 7.52. The molecule has 30 heavy (non-hydrogen) atoms. The summed E-state index contributed by atoms with van der Waals surface area (Å²) < 4.78 is 5.33. The van der Waals surface area contributed by atoms with Crippen LogP contribution in [0.1, 0.15) is 26.7 Å². The average molecular weight is 425 g/mol. The summed E-state index contributed by atoms with van der Waals surface area (Å²) in [5.41, 5.74) is 2.87. The zero-order chi connectivity index (χ0) is 21.1. The first kappa shape index (κ1) is 20.6. The van der Waals surface area contributed by atoms with Crippen molar-refractivity contribution in [2.75, 3.05) is 38.2 Å². The average Bonchev–Trinajstić information content (AvgIpc) is 3.23. The maximum Gasteiger partial charge on any atom is 0.225 e. The van der Waals surface area contributed by atoms with Crippen LogP contribution in [0.4, 0.5) is 5.13 Å². The number of fused-ring (bicyclic) bond motifs is 1.